The zero-order chi connectivity index (χ0) is 0. The molecule has 0 spiro atoms. The average molecular weight is 98.0 g/mol. The fourth-order valence-corrected chi connectivity index (χ4v) is 0. The maximum atomic E-state index is 0. The molecule has 0 heterocycles. The van der Waals surface area contributed by atoms with Gasteiger partial charge in [-0.3, -0.25) is 0 Å². The van der Waals surface area contributed by atoms with Crippen molar-refractivity contribution in [3.63, 3.8) is 0 Å². The molecular formula is H7AlO4+2. The van der Waals surface area contributed by atoms with E-state index in [0.29, 0.717) is 0 Å². The average Bonchev–Trinajstić information content (AvgIpc) is 0. The molecule has 0 aliphatic rings. The first kappa shape index (κ1) is 740. The Bertz CT molecular complexity index is 3.61. The zero-order valence-corrected chi connectivity index (χ0v) is 3.68. The maximum absolute atomic E-state index is 0. The predicted octanol–water partition coefficient (Wildman–Crippen LogP) is -3.03. The quantitative estimate of drug-likeness (QED) is 0.293. The van der Waals surface area contributed by atoms with Gasteiger partial charge in [0.25, 0.3) is 0 Å². The van der Waals surface area contributed by atoms with E-state index in [2.05, 4.69) is 0 Å². The molecule has 0 aliphatic heterocycles. The van der Waals surface area contributed by atoms with E-state index in [4.69, 9.17) is 0 Å². The van der Waals surface area contributed by atoms with E-state index >= 15 is 0 Å². The first-order valence-corrected chi connectivity index (χ1v) is 0. The fourth-order valence-electron chi connectivity index (χ4n) is 0. The van der Waals surface area contributed by atoms with Gasteiger partial charge in [-0.05, 0) is 0 Å². The van der Waals surface area contributed by atoms with Crippen molar-refractivity contribution in [2.45, 2.75) is 0 Å². The summed E-state index contributed by atoms with van der Waals surface area (Å²) in [5.41, 5.74) is 0. The summed E-state index contributed by atoms with van der Waals surface area (Å²) in [6.07, 6.45) is 0. The second kappa shape index (κ2) is 358. The minimum absolute atomic E-state index is 0. The molecule has 0 aromatic rings. The van der Waals surface area contributed by atoms with Crippen LogP contribution in [0.4, 0.5) is 0 Å². The second-order valence-corrected chi connectivity index (χ2v) is 0. The van der Waals surface area contributed by atoms with Gasteiger partial charge in [0.2, 0.25) is 0 Å². The fraction of sp³-hybridized carbons (Fsp3) is 0. The van der Waals surface area contributed by atoms with Crippen molar-refractivity contribution in [1.29, 1.82) is 0 Å². The van der Waals surface area contributed by atoms with E-state index in [9.17, 15) is 0 Å². The van der Waals surface area contributed by atoms with Gasteiger partial charge in [-0.15, -0.1) is 0 Å². The van der Waals surface area contributed by atoms with Crippen molar-refractivity contribution in [3.8, 4) is 0 Å². The third-order valence-electron chi connectivity index (χ3n) is 0. The molecule has 0 amide bonds. The van der Waals surface area contributed by atoms with Gasteiger partial charge in [0.15, 0.2) is 0 Å². The molecule has 0 fully saturated rings. The van der Waals surface area contributed by atoms with Gasteiger partial charge >= 0.3 is 17.4 Å². The SMILES string of the molecule is O.O.O.[Al+3].[OH-]. The molecule has 5 heteroatoms. The monoisotopic (exact) mass is 98.0 g/mol. The summed E-state index contributed by atoms with van der Waals surface area (Å²) in [7, 11) is 0. The van der Waals surface area contributed by atoms with Gasteiger partial charge in [0.1, 0.15) is 0 Å². The van der Waals surface area contributed by atoms with Crippen molar-refractivity contribution in [2.75, 3.05) is 0 Å². The van der Waals surface area contributed by atoms with Gasteiger partial charge in [0, 0.05) is 0 Å². The molecule has 4 nitrogen and oxygen atoms in total. The van der Waals surface area contributed by atoms with Crippen molar-refractivity contribution >= 4 is 17.4 Å². The van der Waals surface area contributed by atoms with E-state index in [1.807, 2.05) is 0 Å². The van der Waals surface area contributed by atoms with Crippen LogP contribution < -0.4 is 0 Å². The number of hydrogen-bond acceptors (Lipinski definition) is 1. The van der Waals surface area contributed by atoms with E-state index in [-0.39, 0.29) is 39.3 Å². The van der Waals surface area contributed by atoms with Crippen LogP contribution in [0.2, 0.25) is 0 Å². The Kier molecular flexibility index (Phi) is 53100. The molecule has 0 aliphatic carbocycles. The van der Waals surface area contributed by atoms with Gasteiger partial charge in [0.05, 0.1) is 0 Å². The molecule has 0 saturated heterocycles. The first-order chi connectivity index (χ1) is 0. The van der Waals surface area contributed by atoms with E-state index < -0.39 is 0 Å². The van der Waals surface area contributed by atoms with Gasteiger partial charge < -0.3 is 21.9 Å². The molecule has 0 aromatic heterocycles. The van der Waals surface area contributed by atoms with Crippen LogP contribution in [0.5, 0.6) is 0 Å². The molecule has 7 N–H and O–H groups in total. The number of hydrogen-bond donors (Lipinski definition) is 0. The van der Waals surface area contributed by atoms with Crippen LogP contribution in [0, 0.1) is 0 Å². The van der Waals surface area contributed by atoms with Crippen molar-refractivity contribution in [3.05, 3.63) is 0 Å². The Hall–Kier alpha value is 0.372. The molecule has 5 heavy (non-hydrogen) atoms. The van der Waals surface area contributed by atoms with Gasteiger partial charge in [-0.1, -0.05) is 0 Å². The van der Waals surface area contributed by atoms with E-state index in [0.717, 1.165) is 0 Å². The Balaban J connectivity index is 0. The summed E-state index contributed by atoms with van der Waals surface area (Å²) in [6, 6.07) is 0. The van der Waals surface area contributed by atoms with Crippen molar-refractivity contribution in [2.24, 2.45) is 0 Å². The third kappa shape index (κ3) is 177. The van der Waals surface area contributed by atoms with Crippen LogP contribution in [-0.2, 0) is 0 Å². The van der Waals surface area contributed by atoms with Crippen LogP contribution in [0.3, 0.4) is 0 Å². The topological polar surface area (TPSA) is 124 Å². The van der Waals surface area contributed by atoms with Crippen molar-refractivity contribution < 1.29 is 21.9 Å². The predicted molar refractivity (Wildman–Crippen MR) is 18.5 cm³/mol. The molecule has 0 unspecified atom stereocenters. The normalized spacial score (nSPS) is 0. The summed E-state index contributed by atoms with van der Waals surface area (Å²) < 4.78 is 0. The van der Waals surface area contributed by atoms with Gasteiger partial charge in [-0.2, -0.15) is 0 Å². The minimum Gasteiger partial charge on any atom is -0.870 e. The largest absolute Gasteiger partial charge is 3.00 e. The van der Waals surface area contributed by atoms with E-state index in [1.165, 1.54) is 0 Å². The summed E-state index contributed by atoms with van der Waals surface area (Å²) in [5.74, 6) is 0. The third-order valence-corrected chi connectivity index (χ3v) is 0. The van der Waals surface area contributed by atoms with Crippen LogP contribution in [0.15, 0.2) is 0 Å². The molecular weight excluding hydrogens is 91.0 g/mol. The zero-order valence-electron chi connectivity index (χ0n) is 2.52. The molecule has 0 saturated carbocycles. The molecule has 32 valence electrons. The maximum Gasteiger partial charge on any atom is 3.00 e. The number of rotatable bonds is 0. The Labute approximate surface area is 40.2 Å². The second-order valence-electron chi connectivity index (χ2n) is 0. The standard InChI is InChI=1S/Al.4H2O/h;4*1H2/q+3;;;;/p-1. The summed E-state index contributed by atoms with van der Waals surface area (Å²) in [5, 5.41) is 0. The molecule has 0 aromatic carbocycles. The van der Waals surface area contributed by atoms with E-state index in [1.54, 1.807) is 0 Å². The Morgan fingerprint density at radius 1 is 0.600 bits per heavy atom. The molecule has 0 atom stereocenters. The smallest absolute Gasteiger partial charge is 0.870 e. The van der Waals surface area contributed by atoms with Gasteiger partial charge in [-0.25, -0.2) is 0 Å². The summed E-state index contributed by atoms with van der Waals surface area (Å²) in [4.78, 5) is 0. The van der Waals surface area contributed by atoms with Crippen LogP contribution in [-0.4, -0.2) is 39.3 Å². The Morgan fingerprint density at radius 3 is 0.600 bits per heavy atom. The molecule has 0 rings (SSSR count). The Morgan fingerprint density at radius 2 is 0.600 bits per heavy atom. The molecule has 0 radical (unpaired) electrons. The van der Waals surface area contributed by atoms with Crippen LogP contribution in [0.1, 0.15) is 0 Å². The molecule has 0 bridgehead atoms. The summed E-state index contributed by atoms with van der Waals surface area (Å²) >= 11 is 0. The summed E-state index contributed by atoms with van der Waals surface area (Å²) in [6.45, 7) is 0. The minimum atomic E-state index is 0. The van der Waals surface area contributed by atoms with Crippen LogP contribution in [0.25, 0.3) is 0 Å². The first-order valence-electron chi connectivity index (χ1n) is 0. The van der Waals surface area contributed by atoms with Crippen molar-refractivity contribution in [1.82, 2.24) is 0 Å². The van der Waals surface area contributed by atoms with Crippen LogP contribution >= 0.6 is 0 Å².